The highest BCUT2D eigenvalue weighted by atomic mass is 32.2. The van der Waals surface area contributed by atoms with Crippen LogP contribution in [0.5, 0.6) is 0 Å². The molecule has 0 aliphatic rings. The minimum atomic E-state index is -4.09. The fraction of sp³-hybridized carbons (Fsp3) is 0. The molecule has 27 heavy (non-hydrogen) atoms. The molecule has 140 valence electrons. The molecule has 7 nitrogen and oxygen atoms in total. The van der Waals surface area contributed by atoms with Gasteiger partial charge in [0.1, 0.15) is 4.21 Å². The van der Waals surface area contributed by atoms with Gasteiger partial charge in [-0.15, -0.1) is 11.3 Å². The highest BCUT2D eigenvalue weighted by molar-refractivity contribution is 7.94. The molecular formula is C17H14N2O5S3. The number of hydrogen-bond donors (Lipinski definition) is 2. The molecule has 0 bridgehead atoms. The Kier molecular flexibility index (Phi) is 5.31. The molecule has 1 amide bonds. The predicted octanol–water partition coefficient (Wildman–Crippen LogP) is 2.67. The summed E-state index contributed by atoms with van der Waals surface area (Å²) in [6, 6.07) is 16.1. The van der Waals surface area contributed by atoms with Gasteiger partial charge in [-0.3, -0.25) is 9.52 Å². The molecule has 1 aromatic heterocycles. The minimum Gasteiger partial charge on any atom is -0.279 e. The number of amides is 1. The topological polar surface area (TPSA) is 109 Å². The Hall–Kier alpha value is -2.69. The molecule has 0 saturated carbocycles. The summed E-state index contributed by atoms with van der Waals surface area (Å²) in [7, 11) is -7.81. The summed E-state index contributed by atoms with van der Waals surface area (Å²) < 4.78 is 53.5. The van der Waals surface area contributed by atoms with Crippen LogP contribution >= 0.6 is 11.3 Å². The van der Waals surface area contributed by atoms with E-state index in [0.717, 1.165) is 11.3 Å². The summed E-state index contributed by atoms with van der Waals surface area (Å²) in [5.74, 6) is -0.752. The van der Waals surface area contributed by atoms with Crippen molar-refractivity contribution in [3.05, 3.63) is 77.7 Å². The van der Waals surface area contributed by atoms with Gasteiger partial charge in [0.25, 0.3) is 26.0 Å². The fourth-order valence-corrected chi connectivity index (χ4v) is 5.18. The normalized spacial score (nSPS) is 11.7. The van der Waals surface area contributed by atoms with Gasteiger partial charge < -0.3 is 0 Å². The number of hydrogen-bond acceptors (Lipinski definition) is 6. The average molecular weight is 423 g/mol. The highest BCUT2D eigenvalue weighted by Gasteiger charge is 2.19. The van der Waals surface area contributed by atoms with Crippen LogP contribution in [0.4, 0.5) is 5.69 Å². The van der Waals surface area contributed by atoms with E-state index >= 15 is 0 Å². The van der Waals surface area contributed by atoms with Crippen molar-refractivity contribution in [2.24, 2.45) is 0 Å². The van der Waals surface area contributed by atoms with Crippen molar-refractivity contribution in [2.75, 3.05) is 4.72 Å². The molecule has 3 aromatic rings. The van der Waals surface area contributed by atoms with Gasteiger partial charge in [0, 0.05) is 11.3 Å². The third-order valence-corrected chi connectivity index (χ3v) is 7.57. The van der Waals surface area contributed by atoms with Gasteiger partial charge in [0.05, 0.1) is 4.90 Å². The first-order chi connectivity index (χ1) is 12.8. The van der Waals surface area contributed by atoms with Gasteiger partial charge in [-0.05, 0) is 47.8 Å². The van der Waals surface area contributed by atoms with Crippen LogP contribution in [0.3, 0.4) is 0 Å². The number of anilines is 1. The molecule has 2 N–H and O–H groups in total. The van der Waals surface area contributed by atoms with Crippen LogP contribution in [-0.4, -0.2) is 22.7 Å². The maximum Gasteiger partial charge on any atom is 0.271 e. The standard InChI is InChI=1S/C17H14N2O5S3/c20-17(13-5-2-1-3-6-13)19-26(21,22)15-10-8-14(9-11-15)18-27(23,24)16-7-4-12-25-16/h1-12,18H,(H,19,20). The van der Waals surface area contributed by atoms with Gasteiger partial charge in [-0.25, -0.2) is 21.6 Å². The van der Waals surface area contributed by atoms with E-state index in [1.54, 1.807) is 29.6 Å². The van der Waals surface area contributed by atoms with Crippen LogP contribution in [-0.2, 0) is 20.0 Å². The monoisotopic (exact) mass is 422 g/mol. The summed E-state index contributed by atoms with van der Waals surface area (Å²) in [4.78, 5) is 11.9. The van der Waals surface area contributed by atoms with E-state index in [1.807, 2.05) is 4.72 Å². The van der Waals surface area contributed by atoms with Crippen LogP contribution in [0, 0.1) is 0 Å². The highest BCUT2D eigenvalue weighted by Crippen LogP contribution is 2.21. The molecule has 0 atom stereocenters. The second-order valence-corrected chi connectivity index (χ2v) is 9.90. The Labute approximate surface area is 160 Å². The van der Waals surface area contributed by atoms with Gasteiger partial charge >= 0.3 is 0 Å². The first-order valence-electron chi connectivity index (χ1n) is 7.56. The number of rotatable bonds is 6. The second-order valence-electron chi connectivity index (χ2n) is 5.36. The first-order valence-corrected chi connectivity index (χ1v) is 11.4. The summed E-state index contributed by atoms with van der Waals surface area (Å²) in [6.45, 7) is 0. The zero-order valence-corrected chi connectivity index (χ0v) is 16.1. The van der Waals surface area contributed by atoms with Crippen LogP contribution in [0.15, 0.2) is 81.2 Å². The van der Waals surface area contributed by atoms with E-state index in [9.17, 15) is 21.6 Å². The molecule has 0 aliphatic heterocycles. The third kappa shape index (κ3) is 4.54. The number of benzene rings is 2. The maximum atomic E-state index is 12.3. The van der Waals surface area contributed by atoms with Crippen LogP contribution in [0.2, 0.25) is 0 Å². The number of thiophene rings is 1. The van der Waals surface area contributed by atoms with Gasteiger partial charge in [0.2, 0.25) is 0 Å². The molecule has 0 spiro atoms. The Bertz CT molecular complexity index is 1140. The zero-order chi connectivity index (χ0) is 19.5. The van der Waals surface area contributed by atoms with Gasteiger partial charge in [-0.1, -0.05) is 24.3 Å². The summed E-state index contributed by atoms with van der Waals surface area (Å²) in [5, 5.41) is 1.64. The molecule has 1 heterocycles. The van der Waals surface area contributed by atoms with E-state index < -0.39 is 26.0 Å². The largest absolute Gasteiger partial charge is 0.279 e. The summed E-state index contributed by atoms with van der Waals surface area (Å²) >= 11 is 1.07. The van der Waals surface area contributed by atoms with E-state index in [-0.39, 0.29) is 20.4 Å². The van der Waals surface area contributed by atoms with Gasteiger partial charge in [0.15, 0.2) is 0 Å². The lowest BCUT2D eigenvalue weighted by Gasteiger charge is -2.09. The zero-order valence-electron chi connectivity index (χ0n) is 13.7. The Morgan fingerprint density at radius 3 is 2.04 bits per heavy atom. The lowest BCUT2D eigenvalue weighted by molar-refractivity contribution is 0.0981. The number of carbonyl (C=O) groups is 1. The molecule has 2 aromatic carbocycles. The molecule has 0 saturated heterocycles. The fourth-order valence-electron chi connectivity index (χ4n) is 2.15. The average Bonchev–Trinajstić information content (AvgIpc) is 3.18. The Morgan fingerprint density at radius 2 is 1.44 bits per heavy atom. The van der Waals surface area contributed by atoms with E-state index in [0.29, 0.717) is 0 Å². The maximum absolute atomic E-state index is 12.3. The van der Waals surface area contributed by atoms with Crippen LogP contribution < -0.4 is 9.44 Å². The number of nitrogens with one attached hydrogen (secondary N) is 2. The molecule has 0 radical (unpaired) electrons. The Balaban J connectivity index is 1.75. The summed E-state index contributed by atoms with van der Waals surface area (Å²) in [6.07, 6.45) is 0. The van der Waals surface area contributed by atoms with Gasteiger partial charge in [-0.2, -0.15) is 0 Å². The molecule has 0 aliphatic carbocycles. The van der Waals surface area contributed by atoms with E-state index in [1.165, 1.54) is 42.5 Å². The number of sulfonamides is 2. The van der Waals surface area contributed by atoms with Crippen LogP contribution in [0.25, 0.3) is 0 Å². The predicted molar refractivity (Wildman–Crippen MR) is 103 cm³/mol. The lowest BCUT2D eigenvalue weighted by atomic mass is 10.2. The summed E-state index contributed by atoms with van der Waals surface area (Å²) in [5.41, 5.74) is 0.415. The van der Waals surface area contributed by atoms with E-state index in [4.69, 9.17) is 0 Å². The third-order valence-electron chi connectivity index (χ3n) is 3.44. The molecule has 10 heteroatoms. The molecule has 0 fully saturated rings. The van der Waals surface area contributed by atoms with Crippen molar-refractivity contribution in [2.45, 2.75) is 9.10 Å². The SMILES string of the molecule is O=C(NS(=O)(=O)c1ccc(NS(=O)(=O)c2cccs2)cc1)c1ccccc1. The van der Waals surface area contributed by atoms with Crippen molar-refractivity contribution >= 4 is 43.0 Å². The quantitative estimate of drug-likeness (QED) is 0.635. The van der Waals surface area contributed by atoms with Crippen molar-refractivity contribution < 1.29 is 21.6 Å². The Morgan fingerprint density at radius 1 is 0.778 bits per heavy atom. The van der Waals surface area contributed by atoms with Crippen LogP contribution in [0.1, 0.15) is 10.4 Å². The molecule has 0 unspecified atom stereocenters. The lowest BCUT2D eigenvalue weighted by Crippen LogP contribution is -2.30. The second kappa shape index (κ2) is 7.51. The van der Waals surface area contributed by atoms with Crippen molar-refractivity contribution in [1.29, 1.82) is 0 Å². The first kappa shape index (κ1) is 19.1. The molecule has 3 rings (SSSR count). The smallest absolute Gasteiger partial charge is 0.271 e. The number of carbonyl (C=O) groups excluding carboxylic acids is 1. The van der Waals surface area contributed by atoms with Crippen molar-refractivity contribution in [1.82, 2.24) is 4.72 Å². The molecular weight excluding hydrogens is 408 g/mol. The van der Waals surface area contributed by atoms with Crippen molar-refractivity contribution in [3.8, 4) is 0 Å². The minimum absolute atomic E-state index is 0.148. The van der Waals surface area contributed by atoms with E-state index in [2.05, 4.69) is 4.72 Å². The van der Waals surface area contributed by atoms with Crippen molar-refractivity contribution in [3.63, 3.8) is 0 Å².